The lowest BCUT2D eigenvalue weighted by molar-refractivity contribution is -0.141. The summed E-state index contributed by atoms with van der Waals surface area (Å²) in [6.07, 6.45) is 5.65. The molecule has 1 aromatic carbocycles. The first-order chi connectivity index (χ1) is 15.0. The van der Waals surface area contributed by atoms with Gasteiger partial charge >= 0.3 is 0 Å². The average Bonchev–Trinajstić information content (AvgIpc) is 2.79. The summed E-state index contributed by atoms with van der Waals surface area (Å²) in [4.78, 5) is 38.2. The second kappa shape index (κ2) is 12.9. The molecular weight excluding hydrogens is 398 g/mol. The first kappa shape index (κ1) is 24.7. The van der Waals surface area contributed by atoms with Gasteiger partial charge in [0.1, 0.15) is 11.8 Å². The third-order valence-electron chi connectivity index (χ3n) is 5.81. The van der Waals surface area contributed by atoms with Crippen molar-refractivity contribution in [1.82, 2.24) is 16.1 Å². The molecule has 4 N–H and O–H groups in total. The topological polar surface area (TPSA) is 117 Å². The number of benzene rings is 1. The summed E-state index contributed by atoms with van der Waals surface area (Å²) in [5.41, 5.74) is 2.61. The number of rotatable bonds is 7. The molecule has 0 radical (unpaired) electrons. The lowest BCUT2D eigenvalue weighted by atomic mass is 9.82. The van der Waals surface area contributed by atoms with Crippen molar-refractivity contribution in [1.29, 1.82) is 0 Å². The summed E-state index contributed by atoms with van der Waals surface area (Å²) in [6, 6.07) is 6.67. The van der Waals surface area contributed by atoms with Crippen LogP contribution in [0.25, 0.3) is 0 Å². The van der Waals surface area contributed by atoms with Gasteiger partial charge in [-0.05, 0) is 37.0 Å². The fourth-order valence-corrected chi connectivity index (χ4v) is 4.02. The molecule has 2 aliphatic rings. The van der Waals surface area contributed by atoms with Crippen LogP contribution in [0, 0.1) is 11.8 Å². The summed E-state index contributed by atoms with van der Waals surface area (Å²) in [6.45, 7) is 2.51. The molecule has 0 fully saturated rings. The quantitative estimate of drug-likeness (QED) is 0.299. The van der Waals surface area contributed by atoms with Crippen molar-refractivity contribution in [2.45, 2.75) is 64.3 Å². The lowest BCUT2D eigenvalue weighted by Crippen LogP contribution is -2.51. The first-order valence-corrected chi connectivity index (χ1v) is 11.2. The molecule has 172 valence electrons. The zero-order valence-corrected chi connectivity index (χ0v) is 18.5. The van der Waals surface area contributed by atoms with E-state index in [0.29, 0.717) is 38.0 Å². The number of likely N-dealkylation sites (N-methyl/N-ethyl adjacent to an activating group) is 1. The third-order valence-corrected chi connectivity index (χ3v) is 5.81. The van der Waals surface area contributed by atoms with Crippen molar-refractivity contribution in [2.75, 3.05) is 13.7 Å². The van der Waals surface area contributed by atoms with Crippen LogP contribution in [0.5, 0.6) is 5.75 Å². The molecule has 1 aromatic rings. The Labute approximate surface area is 184 Å². The highest BCUT2D eigenvalue weighted by molar-refractivity contribution is 5.91. The van der Waals surface area contributed by atoms with Crippen LogP contribution in [0.15, 0.2) is 24.3 Å². The molecular formula is C23H35N3O5. The predicted octanol–water partition coefficient (Wildman–Crippen LogP) is 2.34. The van der Waals surface area contributed by atoms with E-state index in [1.165, 1.54) is 7.05 Å². The fourth-order valence-electron chi connectivity index (χ4n) is 4.02. The van der Waals surface area contributed by atoms with Crippen molar-refractivity contribution in [3.8, 4) is 5.75 Å². The number of nitrogens with one attached hydrogen (secondary N) is 3. The molecule has 3 atom stereocenters. The maximum Gasteiger partial charge on any atom is 0.247 e. The minimum Gasteiger partial charge on any atom is -0.494 e. The highest BCUT2D eigenvalue weighted by atomic mass is 16.5. The van der Waals surface area contributed by atoms with Gasteiger partial charge in [-0.2, -0.15) is 0 Å². The standard InChI is InChI=1S/C23H35N3O5/c1-3-4-5-6-8-18-19(22(28)26-30)9-7-14-31-17-12-10-16(11-13-17)15-20(23(29)24-2)25-21(18)27/h10-13,18-20,30H,3-9,14-15H2,1-2H3,(H,24,29)(H,25,27)(H,26,28)/t18-,19+,20+/m1/s1. The summed E-state index contributed by atoms with van der Waals surface area (Å²) in [5.74, 6) is -1.85. The molecule has 0 spiro atoms. The second-order valence-electron chi connectivity index (χ2n) is 8.05. The van der Waals surface area contributed by atoms with Crippen molar-refractivity contribution >= 4 is 17.7 Å². The number of fused-ring (bicyclic) bond motifs is 11. The largest absolute Gasteiger partial charge is 0.494 e. The van der Waals surface area contributed by atoms with E-state index in [-0.39, 0.29) is 11.8 Å². The smallest absolute Gasteiger partial charge is 0.247 e. The van der Waals surface area contributed by atoms with Gasteiger partial charge in [0.15, 0.2) is 0 Å². The van der Waals surface area contributed by atoms with Crippen molar-refractivity contribution in [3.05, 3.63) is 29.8 Å². The van der Waals surface area contributed by atoms with Crippen LogP contribution in [0.1, 0.15) is 57.4 Å². The van der Waals surface area contributed by atoms with E-state index < -0.39 is 23.8 Å². The van der Waals surface area contributed by atoms with Crippen molar-refractivity contribution in [2.24, 2.45) is 11.8 Å². The molecule has 2 aliphatic heterocycles. The van der Waals surface area contributed by atoms with E-state index in [9.17, 15) is 19.6 Å². The van der Waals surface area contributed by atoms with Crippen LogP contribution in [0.4, 0.5) is 0 Å². The highest BCUT2D eigenvalue weighted by Gasteiger charge is 2.35. The van der Waals surface area contributed by atoms with Crippen LogP contribution in [0.2, 0.25) is 0 Å². The van der Waals surface area contributed by atoms with Crippen LogP contribution >= 0.6 is 0 Å². The van der Waals surface area contributed by atoms with E-state index in [1.807, 2.05) is 24.3 Å². The van der Waals surface area contributed by atoms with Crippen molar-refractivity contribution < 1.29 is 24.3 Å². The molecule has 0 aliphatic carbocycles. The van der Waals surface area contributed by atoms with Gasteiger partial charge in [-0.15, -0.1) is 0 Å². The van der Waals surface area contributed by atoms with Gasteiger partial charge in [-0.3, -0.25) is 19.6 Å². The average molecular weight is 434 g/mol. The number of hydrogen-bond donors (Lipinski definition) is 4. The van der Waals surface area contributed by atoms with Gasteiger partial charge in [0.2, 0.25) is 17.7 Å². The van der Waals surface area contributed by atoms with Crippen LogP contribution in [-0.4, -0.2) is 42.6 Å². The number of amides is 3. The normalized spacial score (nSPS) is 22.0. The SMILES string of the molecule is CCCCCC[C@H]1C(=O)N[C@H](C(=O)NC)Cc2ccc(cc2)OCCC[C@@H]1C(=O)NO. The Morgan fingerprint density at radius 1 is 1.16 bits per heavy atom. The van der Waals surface area contributed by atoms with E-state index >= 15 is 0 Å². The van der Waals surface area contributed by atoms with E-state index in [2.05, 4.69) is 17.6 Å². The molecule has 31 heavy (non-hydrogen) atoms. The van der Waals surface area contributed by atoms with E-state index in [1.54, 1.807) is 5.48 Å². The Balaban J connectivity index is 2.31. The summed E-state index contributed by atoms with van der Waals surface area (Å²) in [5, 5.41) is 14.7. The van der Waals surface area contributed by atoms with E-state index in [4.69, 9.17) is 4.74 Å². The Bertz CT molecular complexity index is 722. The van der Waals surface area contributed by atoms with E-state index in [0.717, 1.165) is 31.2 Å². The molecule has 2 heterocycles. The third kappa shape index (κ3) is 7.54. The minimum atomic E-state index is -0.761. The molecule has 8 heteroatoms. The fraction of sp³-hybridized carbons (Fsp3) is 0.609. The van der Waals surface area contributed by atoms with Crippen LogP contribution < -0.4 is 20.9 Å². The number of ether oxygens (including phenoxy) is 1. The van der Waals surface area contributed by atoms with Gasteiger partial charge in [0.25, 0.3) is 0 Å². The molecule has 0 saturated heterocycles. The van der Waals surface area contributed by atoms with Crippen LogP contribution in [-0.2, 0) is 20.8 Å². The zero-order chi connectivity index (χ0) is 22.6. The Morgan fingerprint density at radius 2 is 1.90 bits per heavy atom. The molecule has 8 nitrogen and oxygen atoms in total. The molecule has 0 unspecified atom stereocenters. The van der Waals surface area contributed by atoms with Gasteiger partial charge in [-0.1, -0.05) is 44.7 Å². The Kier molecular flexibility index (Phi) is 10.3. The first-order valence-electron chi connectivity index (χ1n) is 11.2. The maximum atomic E-state index is 13.3. The molecule has 3 amide bonds. The van der Waals surface area contributed by atoms with Gasteiger partial charge < -0.3 is 15.4 Å². The molecule has 0 aromatic heterocycles. The summed E-state index contributed by atoms with van der Waals surface area (Å²) in [7, 11) is 1.53. The minimum absolute atomic E-state index is 0.298. The Hall–Kier alpha value is -2.61. The number of carbonyl (C=O) groups is 3. The second-order valence-corrected chi connectivity index (χ2v) is 8.05. The number of hydroxylamine groups is 1. The van der Waals surface area contributed by atoms with Crippen LogP contribution in [0.3, 0.4) is 0 Å². The molecule has 0 saturated carbocycles. The predicted molar refractivity (Wildman–Crippen MR) is 117 cm³/mol. The number of unbranched alkanes of at least 4 members (excludes halogenated alkanes) is 3. The zero-order valence-electron chi connectivity index (χ0n) is 18.5. The van der Waals surface area contributed by atoms with Gasteiger partial charge in [-0.25, -0.2) is 5.48 Å². The lowest BCUT2D eigenvalue weighted by Gasteiger charge is -2.27. The molecule has 3 rings (SSSR count). The number of carbonyl (C=O) groups excluding carboxylic acids is 3. The summed E-state index contributed by atoms with van der Waals surface area (Å²) >= 11 is 0. The Morgan fingerprint density at radius 3 is 2.55 bits per heavy atom. The van der Waals surface area contributed by atoms with Gasteiger partial charge in [0, 0.05) is 19.4 Å². The van der Waals surface area contributed by atoms with Crippen molar-refractivity contribution in [3.63, 3.8) is 0 Å². The highest BCUT2D eigenvalue weighted by Crippen LogP contribution is 2.26. The summed E-state index contributed by atoms with van der Waals surface area (Å²) < 4.78 is 5.76. The van der Waals surface area contributed by atoms with Gasteiger partial charge in [0.05, 0.1) is 12.5 Å². The maximum absolute atomic E-state index is 13.3. The monoisotopic (exact) mass is 433 g/mol. The molecule has 2 bridgehead atoms. The number of hydrogen-bond acceptors (Lipinski definition) is 5.